The number of phenolic OH excluding ortho intramolecular Hbond substituents is 1. The van der Waals surface area contributed by atoms with Gasteiger partial charge in [0.2, 0.25) is 17.1 Å². The number of aromatic hydroxyl groups is 2. The number of phenols is 1. The van der Waals surface area contributed by atoms with Crippen LogP contribution in [-0.2, 0) is 11.3 Å². The zero-order chi connectivity index (χ0) is 19.4. The lowest BCUT2D eigenvalue weighted by molar-refractivity contribution is -0.118. The van der Waals surface area contributed by atoms with Gasteiger partial charge in [0.05, 0.1) is 12.5 Å². The minimum atomic E-state index is -0.711. The van der Waals surface area contributed by atoms with Crippen molar-refractivity contribution < 1.29 is 19.4 Å². The third-order valence-corrected chi connectivity index (χ3v) is 4.85. The Hall–Kier alpha value is -2.80. The zero-order valence-corrected chi connectivity index (χ0v) is 15.1. The highest BCUT2D eigenvalue weighted by Crippen LogP contribution is 2.33. The summed E-state index contributed by atoms with van der Waals surface area (Å²) in [6, 6.07) is 7.46. The second-order valence-electron chi connectivity index (χ2n) is 6.94. The highest BCUT2D eigenvalue weighted by Gasteiger charge is 2.26. The summed E-state index contributed by atoms with van der Waals surface area (Å²) in [6.07, 6.45) is 3.28. The number of nitrogens with two attached hydrogens (primary N) is 1. The third kappa shape index (κ3) is 4.68. The van der Waals surface area contributed by atoms with Crippen molar-refractivity contribution in [1.82, 2.24) is 4.90 Å². The molecular weight excluding hydrogens is 348 g/mol. The van der Waals surface area contributed by atoms with Crippen molar-refractivity contribution in [3.05, 3.63) is 57.6 Å². The molecular formula is C20H24N2O5. The summed E-state index contributed by atoms with van der Waals surface area (Å²) in [5.74, 6) is -1.27. The van der Waals surface area contributed by atoms with Crippen LogP contribution in [0, 0.1) is 0 Å². The average molecular weight is 372 g/mol. The Bertz CT molecular complexity index is 854. The molecule has 144 valence electrons. The summed E-state index contributed by atoms with van der Waals surface area (Å²) in [6.45, 7) is 2.34. The lowest BCUT2D eigenvalue weighted by Gasteiger charge is -2.26. The van der Waals surface area contributed by atoms with E-state index < -0.39 is 23.0 Å². The molecule has 1 atom stereocenters. The van der Waals surface area contributed by atoms with E-state index in [1.165, 1.54) is 24.6 Å². The molecule has 1 fully saturated rings. The van der Waals surface area contributed by atoms with Crippen LogP contribution in [0.2, 0.25) is 0 Å². The highest BCUT2D eigenvalue weighted by molar-refractivity contribution is 5.75. The van der Waals surface area contributed by atoms with Gasteiger partial charge >= 0.3 is 0 Å². The predicted octanol–water partition coefficient (Wildman–Crippen LogP) is 2.04. The van der Waals surface area contributed by atoms with E-state index in [2.05, 4.69) is 4.90 Å². The number of hydrogen-bond acceptors (Lipinski definition) is 6. The predicted molar refractivity (Wildman–Crippen MR) is 99.5 cm³/mol. The maximum Gasteiger partial charge on any atom is 0.227 e. The van der Waals surface area contributed by atoms with Gasteiger partial charge in [-0.2, -0.15) is 0 Å². The van der Waals surface area contributed by atoms with Crippen molar-refractivity contribution in [2.24, 2.45) is 5.73 Å². The standard InChI is InChI=1S/C20H24N2O5/c21-18(25)11-16(13-4-6-14(23)7-5-13)20-19(26)17(24)10-15(27-20)12-22-8-2-1-3-9-22/h4-7,10,16,23,26H,1-3,8-9,11-12H2,(H2,21,25)/t16-/m1/s1. The maximum atomic E-state index is 12.3. The van der Waals surface area contributed by atoms with Crippen molar-refractivity contribution >= 4 is 5.91 Å². The largest absolute Gasteiger partial charge is 0.508 e. The summed E-state index contributed by atoms with van der Waals surface area (Å²) in [5.41, 5.74) is 5.44. The Morgan fingerprint density at radius 1 is 1.15 bits per heavy atom. The van der Waals surface area contributed by atoms with Crippen LogP contribution in [-0.4, -0.2) is 34.1 Å². The van der Waals surface area contributed by atoms with Crippen molar-refractivity contribution in [3.63, 3.8) is 0 Å². The Morgan fingerprint density at radius 3 is 2.44 bits per heavy atom. The quantitative estimate of drug-likeness (QED) is 0.714. The summed E-state index contributed by atoms with van der Waals surface area (Å²) in [4.78, 5) is 26.1. The van der Waals surface area contributed by atoms with E-state index in [1.54, 1.807) is 12.1 Å². The lowest BCUT2D eigenvalue weighted by Crippen LogP contribution is -2.29. The number of primary amides is 1. The first-order chi connectivity index (χ1) is 12.9. The monoisotopic (exact) mass is 372 g/mol. The van der Waals surface area contributed by atoms with Gasteiger partial charge in [-0.3, -0.25) is 14.5 Å². The van der Waals surface area contributed by atoms with E-state index in [0.29, 0.717) is 17.9 Å². The molecule has 27 heavy (non-hydrogen) atoms. The van der Waals surface area contributed by atoms with Crippen LogP contribution >= 0.6 is 0 Å². The van der Waals surface area contributed by atoms with Gasteiger partial charge in [0.25, 0.3) is 0 Å². The van der Waals surface area contributed by atoms with Gasteiger partial charge in [-0.05, 0) is 43.6 Å². The smallest absolute Gasteiger partial charge is 0.227 e. The maximum absolute atomic E-state index is 12.3. The Morgan fingerprint density at radius 2 is 1.81 bits per heavy atom. The number of amides is 1. The van der Waals surface area contributed by atoms with Crippen LogP contribution in [0.25, 0.3) is 0 Å². The van der Waals surface area contributed by atoms with Crippen molar-refractivity contribution in [2.75, 3.05) is 13.1 Å². The number of hydrogen-bond donors (Lipinski definition) is 3. The van der Waals surface area contributed by atoms with Crippen LogP contribution in [0.1, 0.15) is 48.7 Å². The fourth-order valence-corrected chi connectivity index (χ4v) is 3.48. The first kappa shape index (κ1) is 19.0. The van der Waals surface area contributed by atoms with E-state index in [1.807, 2.05) is 0 Å². The lowest BCUT2D eigenvalue weighted by atomic mass is 9.92. The minimum absolute atomic E-state index is 0.0269. The molecule has 1 saturated heterocycles. The van der Waals surface area contributed by atoms with E-state index in [-0.39, 0.29) is 17.9 Å². The van der Waals surface area contributed by atoms with Gasteiger partial charge in [0.1, 0.15) is 11.5 Å². The summed E-state index contributed by atoms with van der Waals surface area (Å²) in [7, 11) is 0. The molecule has 2 aromatic rings. The van der Waals surface area contributed by atoms with Crippen molar-refractivity contribution in [1.29, 1.82) is 0 Å². The Kier molecular flexibility index (Phi) is 5.81. The molecule has 0 spiro atoms. The van der Waals surface area contributed by atoms with Crippen LogP contribution < -0.4 is 11.2 Å². The Labute approximate surface area is 157 Å². The molecule has 0 radical (unpaired) electrons. The van der Waals surface area contributed by atoms with E-state index in [9.17, 15) is 19.8 Å². The van der Waals surface area contributed by atoms with Gasteiger partial charge in [-0.15, -0.1) is 0 Å². The fourth-order valence-electron chi connectivity index (χ4n) is 3.48. The average Bonchev–Trinajstić information content (AvgIpc) is 2.64. The van der Waals surface area contributed by atoms with Crippen LogP contribution in [0.4, 0.5) is 0 Å². The molecule has 0 saturated carbocycles. The van der Waals surface area contributed by atoms with E-state index in [0.717, 1.165) is 25.9 Å². The van der Waals surface area contributed by atoms with Crippen LogP contribution in [0.3, 0.4) is 0 Å². The SMILES string of the molecule is NC(=O)C[C@H](c1ccc(O)cc1)c1oc(CN2CCCCC2)cc(=O)c1O. The molecule has 1 aromatic heterocycles. The number of benzene rings is 1. The van der Waals surface area contributed by atoms with Gasteiger partial charge in [-0.25, -0.2) is 0 Å². The third-order valence-electron chi connectivity index (χ3n) is 4.85. The number of carbonyl (C=O) groups excluding carboxylic acids is 1. The summed E-state index contributed by atoms with van der Waals surface area (Å²) >= 11 is 0. The van der Waals surface area contributed by atoms with Crippen LogP contribution in [0.5, 0.6) is 11.5 Å². The second-order valence-corrected chi connectivity index (χ2v) is 6.94. The van der Waals surface area contributed by atoms with Gasteiger partial charge < -0.3 is 20.4 Å². The topological polar surface area (TPSA) is 117 Å². The molecule has 4 N–H and O–H groups in total. The molecule has 0 bridgehead atoms. The highest BCUT2D eigenvalue weighted by atomic mass is 16.4. The molecule has 3 rings (SSSR count). The molecule has 1 amide bonds. The summed E-state index contributed by atoms with van der Waals surface area (Å²) in [5, 5.41) is 19.8. The van der Waals surface area contributed by atoms with Gasteiger partial charge in [-0.1, -0.05) is 18.6 Å². The van der Waals surface area contributed by atoms with Crippen molar-refractivity contribution in [3.8, 4) is 11.5 Å². The molecule has 0 aliphatic carbocycles. The number of carbonyl (C=O) groups is 1. The molecule has 7 heteroatoms. The van der Waals surface area contributed by atoms with E-state index in [4.69, 9.17) is 10.2 Å². The zero-order valence-electron chi connectivity index (χ0n) is 15.1. The molecule has 1 aliphatic rings. The van der Waals surface area contributed by atoms with E-state index >= 15 is 0 Å². The molecule has 1 aliphatic heterocycles. The first-order valence-electron chi connectivity index (χ1n) is 9.09. The first-order valence-corrected chi connectivity index (χ1v) is 9.09. The van der Waals surface area contributed by atoms with Crippen molar-refractivity contribution in [2.45, 2.75) is 38.1 Å². The summed E-state index contributed by atoms with van der Waals surface area (Å²) < 4.78 is 5.88. The minimum Gasteiger partial charge on any atom is -0.508 e. The normalized spacial score (nSPS) is 16.1. The molecule has 1 aromatic carbocycles. The molecule has 7 nitrogen and oxygen atoms in total. The number of rotatable bonds is 6. The number of piperidine rings is 1. The van der Waals surface area contributed by atoms with Crippen LogP contribution in [0.15, 0.2) is 39.5 Å². The Balaban J connectivity index is 1.98. The fraction of sp³-hybridized carbons (Fsp3) is 0.400. The number of likely N-dealkylation sites (tertiary alicyclic amines) is 1. The number of nitrogens with zero attached hydrogens (tertiary/aromatic N) is 1. The molecule has 2 heterocycles. The molecule has 0 unspecified atom stereocenters. The van der Waals surface area contributed by atoms with Gasteiger partial charge in [0.15, 0.2) is 5.76 Å². The van der Waals surface area contributed by atoms with Gasteiger partial charge in [0, 0.05) is 12.5 Å². The second kappa shape index (κ2) is 8.26.